The Morgan fingerprint density at radius 3 is 2.39 bits per heavy atom. The molecule has 1 amide bonds. The van der Waals surface area contributed by atoms with E-state index in [1.807, 2.05) is 0 Å². The maximum absolute atomic E-state index is 12.1. The Balaban J connectivity index is 1.65. The number of carbonyl (C=O) groups is 1. The molecule has 0 fully saturated rings. The zero-order chi connectivity index (χ0) is 20.1. The molecule has 3 aromatic rings. The number of rotatable bonds is 6. The molecule has 1 N–H and O–H groups in total. The van der Waals surface area contributed by atoms with Crippen LogP contribution in [0.3, 0.4) is 0 Å². The van der Waals surface area contributed by atoms with E-state index in [-0.39, 0.29) is 24.3 Å². The average molecular weight is 399 g/mol. The van der Waals surface area contributed by atoms with Crippen molar-refractivity contribution in [2.75, 3.05) is 6.54 Å². The Labute approximate surface area is 164 Å². The molecule has 0 atom stereocenters. The van der Waals surface area contributed by atoms with Crippen molar-refractivity contribution in [3.63, 3.8) is 0 Å². The number of hydrogen-bond donors (Lipinski definition) is 1. The van der Waals surface area contributed by atoms with Gasteiger partial charge in [-0.1, -0.05) is 23.7 Å². The van der Waals surface area contributed by atoms with Crippen LogP contribution in [0.25, 0.3) is 11.3 Å². The SMILES string of the molecule is O=C(NCCn1nc(-c2ccc(Cl)cc2)ccc1=O)c1ccc([N+](=O)[O-])cc1. The van der Waals surface area contributed by atoms with E-state index < -0.39 is 10.8 Å². The number of nitro groups is 1. The monoisotopic (exact) mass is 398 g/mol. The number of non-ortho nitro benzene ring substituents is 1. The van der Waals surface area contributed by atoms with Gasteiger partial charge in [-0.15, -0.1) is 0 Å². The summed E-state index contributed by atoms with van der Waals surface area (Å²) < 4.78 is 1.26. The van der Waals surface area contributed by atoms with E-state index in [1.165, 1.54) is 35.0 Å². The van der Waals surface area contributed by atoms with E-state index in [0.29, 0.717) is 16.3 Å². The third-order valence-electron chi connectivity index (χ3n) is 3.96. The Morgan fingerprint density at radius 2 is 1.75 bits per heavy atom. The van der Waals surface area contributed by atoms with Crippen molar-refractivity contribution >= 4 is 23.2 Å². The first-order chi connectivity index (χ1) is 13.4. The van der Waals surface area contributed by atoms with E-state index in [1.54, 1.807) is 30.3 Å². The fraction of sp³-hybridized carbons (Fsp3) is 0.105. The molecular formula is C19H15ClN4O4. The molecule has 0 spiro atoms. The van der Waals surface area contributed by atoms with Crippen molar-refractivity contribution in [2.24, 2.45) is 0 Å². The molecule has 0 aliphatic heterocycles. The first-order valence-corrected chi connectivity index (χ1v) is 8.68. The van der Waals surface area contributed by atoms with Crippen molar-refractivity contribution in [1.82, 2.24) is 15.1 Å². The van der Waals surface area contributed by atoms with Gasteiger partial charge in [0.05, 0.1) is 17.2 Å². The number of amides is 1. The highest BCUT2D eigenvalue weighted by Gasteiger charge is 2.09. The van der Waals surface area contributed by atoms with Gasteiger partial charge in [0.1, 0.15) is 0 Å². The van der Waals surface area contributed by atoms with Gasteiger partial charge in [0.15, 0.2) is 0 Å². The lowest BCUT2D eigenvalue weighted by Crippen LogP contribution is -2.31. The maximum atomic E-state index is 12.1. The summed E-state index contributed by atoms with van der Waals surface area (Å²) in [6, 6.07) is 15.4. The Kier molecular flexibility index (Phi) is 5.81. The minimum atomic E-state index is -0.534. The molecule has 0 saturated carbocycles. The van der Waals surface area contributed by atoms with Crippen LogP contribution in [-0.4, -0.2) is 27.2 Å². The molecule has 28 heavy (non-hydrogen) atoms. The van der Waals surface area contributed by atoms with Crippen LogP contribution in [-0.2, 0) is 6.54 Å². The quantitative estimate of drug-likeness (QED) is 0.507. The number of benzene rings is 2. The van der Waals surface area contributed by atoms with Gasteiger partial charge >= 0.3 is 0 Å². The van der Waals surface area contributed by atoms with Crippen LogP contribution in [0.4, 0.5) is 5.69 Å². The maximum Gasteiger partial charge on any atom is 0.269 e. The van der Waals surface area contributed by atoms with Crippen LogP contribution in [0.5, 0.6) is 0 Å². The van der Waals surface area contributed by atoms with E-state index in [2.05, 4.69) is 10.4 Å². The normalized spacial score (nSPS) is 10.5. The standard InChI is InChI=1S/C19H15ClN4O4/c20-15-5-1-13(2-6-15)17-9-10-18(25)23(22-17)12-11-21-19(26)14-3-7-16(8-4-14)24(27)28/h1-10H,11-12H2,(H,21,26). The number of hydrogen-bond acceptors (Lipinski definition) is 5. The average Bonchev–Trinajstić information content (AvgIpc) is 2.70. The minimum absolute atomic E-state index is 0.0914. The second kappa shape index (κ2) is 8.45. The highest BCUT2D eigenvalue weighted by molar-refractivity contribution is 6.30. The summed E-state index contributed by atoms with van der Waals surface area (Å²) in [6.07, 6.45) is 0. The van der Waals surface area contributed by atoms with Gasteiger partial charge in [-0.05, 0) is 30.3 Å². The van der Waals surface area contributed by atoms with Gasteiger partial charge in [-0.2, -0.15) is 5.10 Å². The lowest BCUT2D eigenvalue weighted by atomic mass is 10.1. The molecule has 0 aliphatic carbocycles. The Morgan fingerprint density at radius 1 is 1.07 bits per heavy atom. The van der Waals surface area contributed by atoms with Gasteiger partial charge in [0.25, 0.3) is 17.2 Å². The van der Waals surface area contributed by atoms with Gasteiger partial charge in [-0.3, -0.25) is 19.7 Å². The number of aromatic nitrogens is 2. The first-order valence-electron chi connectivity index (χ1n) is 8.31. The molecule has 0 unspecified atom stereocenters. The van der Waals surface area contributed by atoms with Crippen LogP contribution >= 0.6 is 11.6 Å². The molecule has 1 aromatic heterocycles. The van der Waals surface area contributed by atoms with Crippen molar-refractivity contribution in [3.05, 3.63) is 91.7 Å². The Bertz CT molecular complexity index is 1060. The molecule has 0 bridgehead atoms. The van der Waals surface area contributed by atoms with E-state index >= 15 is 0 Å². The zero-order valence-corrected chi connectivity index (χ0v) is 15.3. The van der Waals surface area contributed by atoms with Crippen molar-refractivity contribution in [1.29, 1.82) is 0 Å². The number of nitrogens with one attached hydrogen (secondary N) is 1. The highest BCUT2D eigenvalue weighted by Crippen LogP contribution is 2.18. The van der Waals surface area contributed by atoms with Crippen LogP contribution in [0.1, 0.15) is 10.4 Å². The van der Waals surface area contributed by atoms with Crippen LogP contribution in [0.15, 0.2) is 65.5 Å². The summed E-state index contributed by atoms with van der Waals surface area (Å²) in [5, 5.41) is 18.2. The molecule has 142 valence electrons. The number of nitro benzene ring substituents is 1. The van der Waals surface area contributed by atoms with Crippen molar-refractivity contribution in [3.8, 4) is 11.3 Å². The second-order valence-corrected chi connectivity index (χ2v) is 6.28. The smallest absolute Gasteiger partial charge is 0.269 e. The minimum Gasteiger partial charge on any atom is -0.350 e. The van der Waals surface area contributed by atoms with E-state index in [0.717, 1.165) is 5.56 Å². The lowest BCUT2D eigenvalue weighted by molar-refractivity contribution is -0.384. The molecule has 9 heteroatoms. The molecule has 8 nitrogen and oxygen atoms in total. The zero-order valence-electron chi connectivity index (χ0n) is 14.5. The molecule has 0 radical (unpaired) electrons. The van der Waals surface area contributed by atoms with Crippen LogP contribution in [0, 0.1) is 10.1 Å². The van der Waals surface area contributed by atoms with Crippen molar-refractivity contribution < 1.29 is 9.72 Å². The summed E-state index contributed by atoms with van der Waals surface area (Å²) in [5.74, 6) is -0.392. The van der Waals surface area contributed by atoms with E-state index in [4.69, 9.17) is 11.6 Å². The predicted molar refractivity (Wildman–Crippen MR) is 104 cm³/mol. The first kappa shape index (κ1) is 19.2. The van der Waals surface area contributed by atoms with E-state index in [9.17, 15) is 19.7 Å². The summed E-state index contributed by atoms with van der Waals surface area (Å²) in [4.78, 5) is 34.2. The fourth-order valence-electron chi connectivity index (χ4n) is 2.50. The van der Waals surface area contributed by atoms with Gasteiger partial charge < -0.3 is 5.32 Å². The molecular weight excluding hydrogens is 384 g/mol. The summed E-state index contributed by atoms with van der Waals surface area (Å²) in [6.45, 7) is 0.353. The third kappa shape index (κ3) is 4.60. The third-order valence-corrected chi connectivity index (χ3v) is 4.21. The van der Waals surface area contributed by atoms with Crippen LogP contribution in [0.2, 0.25) is 5.02 Å². The predicted octanol–water partition coefficient (Wildman–Crippen LogP) is 2.90. The molecule has 0 aliphatic rings. The lowest BCUT2D eigenvalue weighted by Gasteiger charge is -2.09. The molecule has 2 aromatic carbocycles. The molecule has 1 heterocycles. The van der Waals surface area contributed by atoms with Gasteiger partial charge in [-0.25, -0.2) is 4.68 Å². The van der Waals surface area contributed by atoms with Crippen molar-refractivity contribution in [2.45, 2.75) is 6.54 Å². The topological polar surface area (TPSA) is 107 Å². The molecule has 0 saturated heterocycles. The summed E-state index contributed by atoms with van der Waals surface area (Å²) in [5.41, 5.74) is 1.33. The Hall–Kier alpha value is -3.52. The number of nitrogens with zero attached hydrogens (tertiary/aromatic N) is 3. The number of halogens is 1. The molecule has 3 rings (SSSR count). The largest absolute Gasteiger partial charge is 0.350 e. The van der Waals surface area contributed by atoms with Crippen LogP contribution < -0.4 is 10.9 Å². The summed E-state index contributed by atoms with van der Waals surface area (Å²) >= 11 is 5.88. The fourth-order valence-corrected chi connectivity index (χ4v) is 2.62. The highest BCUT2D eigenvalue weighted by atomic mass is 35.5. The van der Waals surface area contributed by atoms with Gasteiger partial charge in [0, 0.05) is 40.9 Å². The van der Waals surface area contributed by atoms with Gasteiger partial charge in [0.2, 0.25) is 0 Å². The number of carbonyl (C=O) groups excluding carboxylic acids is 1. The second-order valence-electron chi connectivity index (χ2n) is 5.85. The summed E-state index contributed by atoms with van der Waals surface area (Å²) in [7, 11) is 0.